The lowest BCUT2D eigenvalue weighted by atomic mass is 9.89. The SMILES string of the molecule is CC(C)(C)[Si](C)(C)OCC1O[C@@H](NC(N)=O)C(O[Si](C)(C)C(C)(C)C)C12OS(=O)(=O)C=C2N. The summed E-state index contributed by atoms with van der Waals surface area (Å²) in [6.45, 7) is 20.6. The fraction of sp³-hybridized carbons (Fsp3) is 0.850. The van der Waals surface area contributed by atoms with Gasteiger partial charge >= 0.3 is 6.03 Å². The number of carbonyl (C=O) groups excluding carboxylic acids is 1. The molecular weight excluding hydrogens is 482 g/mol. The zero-order chi connectivity index (χ0) is 25.8. The van der Waals surface area contributed by atoms with Crippen molar-refractivity contribution in [1.82, 2.24) is 5.32 Å². The maximum absolute atomic E-state index is 12.5. The molecule has 4 atom stereocenters. The molecule has 33 heavy (non-hydrogen) atoms. The van der Waals surface area contributed by atoms with Crippen LogP contribution in [0, 0.1) is 0 Å². The van der Waals surface area contributed by atoms with Gasteiger partial charge in [0.05, 0.1) is 17.7 Å². The van der Waals surface area contributed by atoms with Gasteiger partial charge in [-0.15, -0.1) is 0 Å². The normalized spacial score (nSPS) is 30.5. The van der Waals surface area contributed by atoms with Gasteiger partial charge in [-0.1, -0.05) is 41.5 Å². The topological polar surface area (TPSA) is 152 Å². The predicted molar refractivity (Wildman–Crippen MR) is 132 cm³/mol. The number of rotatable bonds is 6. The van der Waals surface area contributed by atoms with Crippen LogP contribution < -0.4 is 16.8 Å². The molecule has 192 valence electrons. The minimum atomic E-state index is -4.10. The molecule has 3 unspecified atom stereocenters. The molecule has 2 amide bonds. The van der Waals surface area contributed by atoms with E-state index in [1.54, 1.807) is 0 Å². The van der Waals surface area contributed by atoms with Crippen LogP contribution in [0.25, 0.3) is 0 Å². The van der Waals surface area contributed by atoms with Gasteiger partial charge in [0.2, 0.25) is 0 Å². The molecule has 2 heterocycles. The van der Waals surface area contributed by atoms with Crippen molar-refractivity contribution in [1.29, 1.82) is 0 Å². The van der Waals surface area contributed by atoms with Gasteiger partial charge in [0.25, 0.3) is 10.1 Å². The molecule has 2 aliphatic rings. The van der Waals surface area contributed by atoms with Crippen LogP contribution in [0.15, 0.2) is 11.1 Å². The number of amides is 2. The Bertz CT molecular complexity index is 910. The summed E-state index contributed by atoms with van der Waals surface area (Å²) in [5, 5.41) is 3.10. The second kappa shape index (κ2) is 8.61. The number of urea groups is 1. The molecule has 2 aliphatic heterocycles. The Labute approximate surface area is 200 Å². The first-order valence-electron chi connectivity index (χ1n) is 11.0. The number of hydrogen-bond acceptors (Lipinski definition) is 8. The summed E-state index contributed by atoms with van der Waals surface area (Å²) in [6, 6.07) is -0.839. The molecule has 0 aliphatic carbocycles. The van der Waals surface area contributed by atoms with Crippen LogP contribution >= 0.6 is 0 Å². The Morgan fingerprint density at radius 2 is 1.64 bits per heavy atom. The number of primary amides is 1. The maximum atomic E-state index is 12.5. The van der Waals surface area contributed by atoms with Crippen molar-refractivity contribution in [3.05, 3.63) is 11.1 Å². The van der Waals surface area contributed by atoms with E-state index in [2.05, 4.69) is 39.2 Å². The predicted octanol–water partition coefficient (Wildman–Crippen LogP) is 2.69. The lowest BCUT2D eigenvalue weighted by molar-refractivity contribution is -0.0419. The van der Waals surface area contributed by atoms with E-state index in [0.717, 1.165) is 5.41 Å². The summed E-state index contributed by atoms with van der Waals surface area (Å²) in [5.41, 5.74) is 9.96. The zero-order valence-electron chi connectivity index (χ0n) is 21.4. The molecule has 13 heteroatoms. The zero-order valence-corrected chi connectivity index (χ0v) is 24.3. The molecule has 0 bridgehead atoms. The average molecular weight is 524 g/mol. The molecule has 1 spiro atoms. The Kier molecular flexibility index (Phi) is 7.37. The Morgan fingerprint density at radius 3 is 2.03 bits per heavy atom. The van der Waals surface area contributed by atoms with E-state index in [9.17, 15) is 13.2 Å². The average Bonchev–Trinajstić information content (AvgIpc) is 2.97. The molecule has 0 radical (unpaired) electrons. The molecule has 1 fully saturated rings. The van der Waals surface area contributed by atoms with Gasteiger partial charge in [-0.3, -0.25) is 0 Å². The standard InChI is InChI=1S/C20H41N3O7SSi2/c1-18(2,3)32(7,8)27-11-14-20(13(21)12-31(25,26)30-20)15(16(28-14)23-17(22)24)29-33(9,10)19(4,5)6/h12,14-16H,11,21H2,1-10H3,(H3,22,23,24)/t14?,15?,16-,20?/m1/s1. The van der Waals surface area contributed by atoms with E-state index >= 15 is 0 Å². The van der Waals surface area contributed by atoms with Gasteiger partial charge in [0.15, 0.2) is 28.5 Å². The van der Waals surface area contributed by atoms with Gasteiger partial charge in [-0.25, -0.2) is 8.98 Å². The van der Waals surface area contributed by atoms with Crippen LogP contribution in [0.5, 0.6) is 0 Å². The van der Waals surface area contributed by atoms with Crippen molar-refractivity contribution >= 4 is 32.8 Å². The fourth-order valence-corrected chi connectivity index (χ4v) is 6.79. The van der Waals surface area contributed by atoms with Crippen LogP contribution in [-0.2, 0) is 27.9 Å². The van der Waals surface area contributed by atoms with E-state index in [-0.39, 0.29) is 22.4 Å². The number of ether oxygens (including phenoxy) is 1. The van der Waals surface area contributed by atoms with E-state index in [0.29, 0.717) is 0 Å². The van der Waals surface area contributed by atoms with Crippen molar-refractivity contribution in [2.75, 3.05) is 6.61 Å². The van der Waals surface area contributed by atoms with Crippen LogP contribution in [0.2, 0.25) is 36.3 Å². The van der Waals surface area contributed by atoms with Crippen LogP contribution in [0.1, 0.15) is 41.5 Å². The second-order valence-electron chi connectivity index (χ2n) is 11.9. The summed E-state index contributed by atoms with van der Waals surface area (Å²) >= 11 is 0. The summed E-state index contributed by atoms with van der Waals surface area (Å²) in [5.74, 6) is 0. The first-order chi connectivity index (χ1) is 14.6. The number of carbonyl (C=O) groups is 1. The third-order valence-corrected chi connectivity index (χ3v) is 17.4. The number of nitrogens with one attached hydrogen (secondary N) is 1. The lowest BCUT2D eigenvalue weighted by Crippen LogP contribution is -2.61. The molecule has 5 N–H and O–H groups in total. The smallest absolute Gasteiger partial charge is 0.314 e. The van der Waals surface area contributed by atoms with Gasteiger partial charge in [-0.05, 0) is 36.3 Å². The van der Waals surface area contributed by atoms with Gasteiger partial charge in [-0.2, -0.15) is 8.42 Å². The third-order valence-electron chi connectivity index (χ3n) is 7.38. The van der Waals surface area contributed by atoms with Gasteiger partial charge in [0.1, 0.15) is 12.2 Å². The van der Waals surface area contributed by atoms with Crippen molar-refractivity contribution in [2.45, 2.75) is 102 Å². The number of nitrogens with two attached hydrogens (primary N) is 2. The molecule has 1 saturated heterocycles. The highest BCUT2D eigenvalue weighted by atomic mass is 32.2. The molecule has 0 saturated carbocycles. The fourth-order valence-electron chi connectivity index (χ4n) is 3.28. The second-order valence-corrected chi connectivity index (χ2v) is 22.8. The highest BCUT2D eigenvalue weighted by molar-refractivity contribution is 7.90. The quantitative estimate of drug-likeness (QED) is 0.355. The molecule has 2 rings (SSSR count). The summed E-state index contributed by atoms with van der Waals surface area (Å²) in [7, 11) is -8.85. The summed E-state index contributed by atoms with van der Waals surface area (Å²) < 4.78 is 49.7. The molecule has 0 aromatic carbocycles. The van der Waals surface area contributed by atoms with Crippen molar-refractivity contribution in [3.63, 3.8) is 0 Å². The van der Waals surface area contributed by atoms with Crippen LogP contribution in [0.3, 0.4) is 0 Å². The monoisotopic (exact) mass is 523 g/mol. The molecule has 10 nitrogen and oxygen atoms in total. The summed E-state index contributed by atoms with van der Waals surface area (Å²) in [6.07, 6.45) is -3.08. The van der Waals surface area contributed by atoms with Crippen LogP contribution in [-0.4, -0.2) is 61.7 Å². The highest BCUT2D eigenvalue weighted by Gasteiger charge is 2.67. The molecule has 0 aromatic rings. The Balaban J connectivity index is 2.56. The van der Waals surface area contributed by atoms with E-state index in [1.807, 2.05) is 33.9 Å². The first-order valence-corrected chi connectivity index (χ1v) is 18.3. The summed E-state index contributed by atoms with van der Waals surface area (Å²) in [4.78, 5) is 11.8. The largest absolute Gasteiger partial charge is 0.414 e. The van der Waals surface area contributed by atoms with E-state index in [1.165, 1.54) is 0 Å². The van der Waals surface area contributed by atoms with Crippen molar-refractivity contribution in [3.8, 4) is 0 Å². The van der Waals surface area contributed by atoms with E-state index < -0.39 is 56.8 Å². The van der Waals surface area contributed by atoms with Crippen LogP contribution in [0.4, 0.5) is 4.79 Å². The molecular formula is C20H41N3O7SSi2. The molecule has 0 aromatic heterocycles. The third kappa shape index (κ3) is 5.49. The van der Waals surface area contributed by atoms with Gasteiger partial charge in [0, 0.05) is 0 Å². The Morgan fingerprint density at radius 1 is 1.12 bits per heavy atom. The first kappa shape index (κ1) is 28.3. The highest BCUT2D eigenvalue weighted by Crippen LogP contribution is 2.49. The van der Waals surface area contributed by atoms with Crippen molar-refractivity contribution < 1.29 is 31.0 Å². The Hall–Kier alpha value is -0.966. The van der Waals surface area contributed by atoms with Gasteiger partial charge < -0.3 is 30.4 Å². The maximum Gasteiger partial charge on any atom is 0.314 e. The lowest BCUT2D eigenvalue weighted by Gasteiger charge is -2.43. The minimum absolute atomic E-state index is 0.00879. The van der Waals surface area contributed by atoms with Crippen molar-refractivity contribution in [2.24, 2.45) is 11.5 Å². The minimum Gasteiger partial charge on any atom is -0.414 e. The van der Waals surface area contributed by atoms with E-state index in [4.69, 9.17) is 29.2 Å². The number of hydrogen-bond donors (Lipinski definition) is 3.